The minimum Gasteiger partial charge on any atom is -0.394 e. The van der Waals surface area contributed by atoms with Crippen molar-refractivity contribution in [2.24, 2.45) is 0 Å². The highest BCUT2D eigenvalue weighted by molar-refractivity contribution is 5.76. The van der Waals surface area contributed by atoms with Crippen LogP contribution in [0.2, 0.25) is 0 Å². The van der Waals surface area contributed by atoms with Crippen molar-refractivity contribution >= 4 is 5.91 Å². The second-order valence-corrected chi connectivity index (χ2v) is 21.5. The van der Waals surface area contributed by atoms with Crippen LogP contribution in [0.1, 0.15) is 206 Å². The smallest absolute Gasteiger partial charge is 0.220 e. The highest BCUT2D eigenvalue weighted by Crippen LogP contribution is 2.33. The first-order chi connectivity index (χ1) is 36.3. The van der Waals surface area contributed by atoms with Gasteiger partial charge in [0.15, 0.2) is 18.9 Å². The van der Waals surface area contributed by atoms with Crippen LogP contribution in [-0.2, 0) is 33.2 Å². The zero-order valence-corrected chi connectivity index (χ0v) is 45.8. The number of ether oxygens (including phenoxy) is 6. The van der Waals surface area contributed by atoms with Gasteiger partial charge in [0.05, 0.1) is 38.6 Å². The summed E-state index contributed by atoms with van der Waals surface area (Å²) >= 11 is 0. The van der Waals surface area contributed by atoms with Gasteiger partial charge in [-0.1, -0.05) is 174 Å². The number of carbonyl (C=O) groups excluding carboxylic acids is 1. The first-order valence-corrected chi connectivity index (χ1v) is 29.4. The Kier molecular flexibility index (Phi) is 36.8. The Hall–Kier alpha value is -1.47. The van der Waals surface area contributed by atoms with Gasteiger partial charge in [0.1, 0.15) is 73.2 Å². The molecular weight excluding hydrogens is 975 g/mol. The normalized spacial score (nSPS) is 31.2. The molecule has 19 heteroatoms. The van der Waals surface area contributed by atoms with E-state index >= 15 is 0 Å². The molecule has 75 heavy (non-hydrogen) atoms. The summed E-state index contributed by atoms with van der Waals surface area (Å²) in [6.07, 6.45) is 13.1. The maximum absolute atomic E-state index is 13.1. The minimum atomic E-state index is -1.97. The van der Waals surface area contributed by atoms with Gasteiger partial charge in [0.25, 0.3) is 0 Å². The van der Waals surface area contributed by atoms with Crippen molar-refractivity contribution in [2.75, 3.05) is 26.4 Å². The van der Waals surface area contributed by atoms with E-state index in [1.807, 2.05) is 6.92 Å². The number of hydrogen-bond acceptors (Lipinski definition) is 18. The van der Waals surface area contributed by atoms with Crippen LogP contribution in [0.4, 0.5) is 0 Å². The average Bonchev–Trinajstić information content (AvgIpc) is 3.40. The Bertz CT molecular complexity index is 1430. The molecule has 3 aliphatic heterocycles. The van der Waals surface area contributed by atoms with E-state index < -0.39 is 124 Å². The molecule has 442 valence electrons. The SMILES string of the molecule is CCCCCCCCCC/C=C\CCCCCCCCCCCCCCCCCC(=O)NC(COC1OC(CO)C(OC2OC(CO)C(OC3OC(CO)C(O)C(O)C3O)C(O)C2O)C(O)C1O)C(O)CCCCC. The van der Waals surface area contributed by atoms with Crippen molar-refractivity contribution in [3.05, 3.63) is 12.2 Å². The lowest BCUT2D eigenvalue weighted by molar-refractivity contribution is -0.379. The fraction of sp³-hybridized carbons (Fsp3) is 0.946. The molecule has 0 aromatic heterocycles. The molecule has 0 aromatic rings. The Labute approximate surface area is 448 Å². The summed E-state index contributed by atoms with van der Waals surface area (Å²) in [5.41, 5.74) is 0. The third-order valence-corrected chi connectivity index (χ3v) is 15.1. The molecular formula is C56H105NO18. The summed E-state index contributed by atoms with van der Waals surface area (Å²) in [5, 5.41) is 119. The zero-order chi connectivity index (χ0) is 54.8. The number of allylic oxidation sites excluding steroid dienone is 2. The van der Waals surface area contributed by atoms with Crippen LogP contribution >= 0.6 is 0 Å². The molecule has 3 rings (SSSR count). The van der Waals surface area contributed by atoms with E-state index in [4.69, 9.17) is 28.4 Å². The second-order valence-electron chi connectivity index (χ2n) is 21.5. The number of nitrogens with one attached hydrogen (secondary N) is 1. The van der Waals surface area contributed by atoms with E-state index in [0.717, 1.165) is 32.1 Å². The molecule has 19 nitrogen and oxygen atoms in total. The average molecular weight is 1080 g/mol. The van der Waals surface area contributed by atoms with Crippen molar-refractivity contribution in [3.8, 4) is 0 Å². The van der Waals surface area contributed by atoms with E-state index in [1.165, 1.54) is 135 Å². The minimum absolute atomic E-state index is 0.253. The lowest BCUT2D eigenvalue weighted by Gasteiger charge is -2.48. The highest BCUT2D eigenvalue weighted by Gasteiger charge is 2.53. The number of aliphatic hydroxyl groups excluding tert-OH is 11. The summed E-state index contributed by atoms with van der Waals surface area (Å²) in [6.45, 7) is 1.60. The van der Waals surface area contributed by atoms with Crippen molar-refractivity contribution in [3.63, 3.8) is 0 Å². The summed E-state index contributed by atoms with van der Waals surface area (Å²) < 4.78 is 34.0. The van der Waals surface area contributed by atoms with Crippen LogP contribution in [0, 0.1) is 0 Å². The third-order valence-electron chi connectivity index (χ3n) is 15.1. The fourth-order valence-electron chi connectivity index (χ4n) is 10.2. The van der Waals surface area contributed by atoms with E-state index in [1.54, 1.807) is 0 Å². The largest absolute Gasteiger partial charge is 0.394 e. The predicted octanol–water partition coefficient (Wildman–Crippen LogP) is 4.60. The van der Waals surface area contributed by atoms with E-state index in [-0.39, 0.29) is 18.9 Å². The van der Waals surface area contributed by atoms with E-state index in [0.29, 0.717) is 19.3 Å². The quantitative estimate of drug-likeness (QED) is 0.0293. The first-order valence-electron chi connectivity index (χ1n) is 29.4. The van der Waals surface area contributed by atoms with Gasteiger partial charge in [-0.25, -0.2) is 0 Å². The predicted molar refractivity (Wildman–Crippen MR) is 282 cm³/mol. The lowest BCUT2D eigenvalue weighted by Crippen LogP contribution is -2.66. The molecule has 0 aromatic carbocycles. The molecule has 3 saturated heterocycles. The topological polar surface area (TPSA) is 307 Å². The molecule has 1 amide bonds. The second kappa shape index (κ2) is 40.7. The Morgan fingerprint density at radius 1 is 0.467 bits per heavy atom. The third kappa shape index (κ3) is 25.3. The van der Waals surface area contributed by atoms with Crippen LogP contribution in [-0.4, -0.2) is 193 Å². The molecule has 17 unspecified atom stereocenters. The molecule has 0 saturated carbocycles. The van der Waals surface area contributed by atoms with Crippen molar-refractivity contribution in [1.29, 1.82) is 0 Å². The van der Waals surface area contributed by atoms with Crippen molar-refractivity contribution < 1.29 is 89.4 Å². The van der Waals surface area contributed by atoms with Gasteiger partial charge in [-0.3, -0.25) is 4.79 Å². The highest BCUT2D eigenvalue weighted by atomic mass is 16.8. The van der Waals surface area contributed by atoms with Gasteiger partial charge < -0.3 is 89.9 Å². The van der Waals surface area contributed by atoms with Gasteiger partial charge in [0.2, 0.25) is 5.91 Å². The molecule has 3 aliphatic rings. The van der Waals surface area contributed by atoms with Crippen LogP contribution in [0.15, 0.2) is 12.2 Å². The Morgan fingerprint density at radius 2 is 0.840 bits per heavy atom. The molecule has 12 N–H and O–H groups in total. The molecule has 3 heterocycles. The molecule has 3 fully saturated rings. The van der Waals surface area contributed by atoms with E-state index in [9.17, 15) is 61.0 Å². The molecule has 0 radical (unpaired) electrons. The van der Waals surface area contributed by atoms with Gasteiger partial charge in [0, 0.05) is 6.42 Å². The number of unbranched alkanes of at least 4 members (excludes halogenated alkanes) is 25. The number of hydrogen-bond donors (Lipinski definition) is 12. The number of carbonyl (C=O) groups is 1. The van der Waals surface area contributed by atoms with Crippen molar-refractivity contribution in [1.82, 2.24) is 5.32 Å². The van der Waals surface area contributed by atoms with Gasteiger partial charge in [-0.05, 0) is 38.5 Å². The molecule has 0 bridgehead atoms. The zero-order valence-electron chi connectivity index (χ0n) is 45.8. The summed E-state index contributed by atoms with van der Waals surface area (Å²) in [4.78, 5) is 13.1. The van der Waals surface area contributed by atoms with E-state index in [2.05, 4.69) is 24.4 Å². The van der Waals surface area contributed by atoms with Gasteiger partial charge in [-0.2, -0.15) is 0 Å². The Morgan fingerprint density at radius 3 is 1.29 bits per heavy atom. The maximum Gasteiger partial charge on any atom is 0.220 e. The summed E-state index contributed by atoms with van der Waals surface area (Å²) in [7, 11) is 0. The summed E-state index contributed by atoms with van der Waals surface area (Å²) in [5.74, 6) is -0.253. The lowest BCUT2D eigenvalue weighted by atomic mass is 9.96. The van der Waals surface area contributed by atoms with Crippen molar-refractivity contribution in [2.45, 2.75) is 311 Å². The summed E-state index contributed by atoms with van der Waals surface area (Å²) in [6, 6.07) is -0.878. The molecule has 0 aliphatic carbocycles. The standard InChI is InChI=1S/C56H105NO18/c1-3-5-7-8-9-10-11-12-13-14-15-16-17-18-19-20-21-22-23-24-25-26-27-28-29-30-32-34-44(62)57-39(40(61)33-31-6-4-2)38-70-54-50(68)47(65)52(42(36-59)72-54)75-56-51(69)48(66)53(43(37-60)73-56)74-55-49(67)46(64)45(63)41(35-58)71-55/h14-15,39-43,45-56,58-61,63-69H,3-13,16-38H2,1-2H3,(H,57,62)/b15-14-. The number of rotatable bonds is 43. The number of aliphatic hydroxyl groups is 11. The Balaban J connectivity index is 1.31. The van der Waals surface area contributed by atoms with Gasteiger partial charge >= 0.3 is 0 Å². The fourth-order valence-corrected chi connectivity index (χ4v) is 10.2. The van der Waals surface area contributed by atoms with Crippen LogP contribution < -0.4 is 5.32 Å². The van der Waals surface area contributed by atoms with Gasteiger partial charge in [-0.15, -0.1) is 0 Å². The molecule has 0 spiro atoms. The first kappa shape index (κ1) is 67.8. The monoisotopic (exact) mass is 1080 g/mol. The number of amides is 1. The maximum atomic E-state index is 13.1. The van der Waals surface area contributed by atoms with Crippen LogP contribution in [0.3, 0.4) is 0 Å². The van der Waals surface area contributed by atoms with Crippen LogP contribution in [0.5, 0.6) is 0 Å². The van der Waals surface area contributed by atoms with Crippen LogP contribution in [0.25, 0.3) is 0 Å². The molecule has 17 atom stereocenters.